The number of fused-ring (bicyclic) bond motifs is 1. The molecule has 1 unspecified atom stereocenters. The lowest BCUT2D eigenvalue weighted by molar-refractivity contribution is 0.236. The fourth-order valence-electron chi connectivity index (χ4n) is 2.90. The van der Waals surface area contributed by atoms with Crippen molar-refractivity contribution in [3.63, 3.8) is 0 Å². The van der Waals surface area contributed by atoms with Crippen molar-refractivity contribution in [1.82, 2.24) is 5.32 Å². The van der Waals surface area contributed by atoms with Crippen molar-refractivity contribution in [1.29, 1.82) is 0 Å². The monoisotopic (exact) mass is 293 g/mol. The summed E-state index contributed by atoms with van der Waals surface area (Å²) in [6.07, 6.45) is 4.66. The molecule has 0 radical (unpaired) electrons. The molecular formula is C18H25F2N. The molecule has 0 bridgehead atoms. The van der Waals surface area contributed by atoms with Crippen LogP contribution in [0.2, 0.25) is 0 Å². The molecule has 1 N–H and O–H groups in total. The number of allylic oxidation sites excluding steroid dienone is 1. The van der Waals surface area contributed by atoms with Gasteiger partial charge in [0.1, 0.15) is 0 Å². The van der Waals surface area contributed by atoms with Crippen LogP contribution in [0, 0.1) is 0 Å². The molecule has 0 amide bonds. The topological polar surface area (TPSA) is 12.0 Å². The van der Waals surface area contributed by atoms with Crippen LogP contribution < -0.4 is 5.32 Å². The Bertz CT molecular complexity index is 496. The van der Waals surface area contributed by atoms with Crippen molar-refractivity contribution in [2.24, 2.45) is 0 Å². The number of benzene rings is 1. The van der Waals surface area contributed by atoms with Gasteiger partial charge in [0.2, 0.25) is 0 Å². The predicted molar refractivity (Wildman–Crippen MR) is 83.6 cm³/mol. The maximum Gasteiger partial charge on any atom is 0.155 e. The molecule has 0 aromatic heterocycles. The van der Waals surface area contributed by atoms with Crippen molar-refractivity contribution in [2.75, 3.05) is 0 Å². The Morgan fingerprint density at radius 1 is 1.43 bits per heavy atom. The van der Waals surface area contributed by atoms with E-state index in [0.717, 1.165) is 25.7 Å². The van der Waals surface area contributed by atoms with Crippen LogP contribution in [-0.4, -0.2) is 6.30 Å². The first-order valence-electron chi connectivity index (χ1n) is 8.00. The smallest absolute Gasteiger partial charge is 0.155 e. The standard InChI is InChI=1S/C18H25F2N/c1-3-13-8-9-14-6-5-7-17(16(14)12-13)21-18(20)11-10-15(19)4-2/h8-10,12,17-18,21H,3-7,11H2,1-2H3/b15-10+/t17-,18?/m0/s1. The highest BCUT2D eigenvalue weighted by molar-refractivity contribution is 5.36. The van der Waals surface area contributed by atoms with E-state index in [0.29, 0.717) is 6.42 Å². The van der Waals surface area contributed by atoms with Crippen LogP contribution in [0.5, 0.6) is 0 Å². The molecule has 21 heavy (non-hydrogen) atoms. The van der Waals surface area contributed by atoms with Crippen molar-refractivity contribution in [3.05, 3.63) is 46.8 Å². The van der Waals surface area contributed by atoms with Crippen LogP contribution in [0.15, 0.2) is 30.1 Å². The van der Waals surface area contributed by atoms with Gasteiger partial charge in [0, 0.05) is 12.5 Å². The van der Waals surface area contributed by atoms with E-state index in [1.807, 2.05) is 0 Å². The Morgan fingerprint density at radius 3 is 2.95 bits per heavy atom. The molecule has 2 atom stereocenters. The lowest BCUT2D eigenvalue weighted by Gasteiger charge is -2.28. The highest BCUT2D eigenvalue weighted by Crippen LogP contribution is 2.31. The van der Waals surface area contributed by atoms with Crippen LogP contribution in [0.3, 0.4) is 0 Å². The van der Waals surface area contributed by atoms with Crippen LogP contribution in [0.25, 0.3) is 0 Å². The van der Waals surface area contributed by atoms with Gasteiger partial charge in [-0.3, -0.25) is 5.32 Å². The average molecular weight is 293 g/mol. The molecule has 0 fully saturated rings. The van der Waals surface area contributed by atoms with Gasteiger partial charge in [0.25, 0.3) is 0 Å². The van der Waals surface area contributed by atoms with Gasteiger partial charge in [-0.2, -0.15) is 0 Å². The summed E-state index contributed by atoms with van der Waals surface area (Å²) < 4.78 is 27.1. The third-order valence-electron chi connectivity index (χ3n) is 4.20. The largest absolute Gasteiger partial charge is 0.281 e. The highest BCUT2D eigenvalue weighted by atomic mass is 19.1. The zero-order valence-corrected chi connectivity index (χ0v) is 13.0. The summed E-state index contributed by atoms with van der Waals surface area (Å²) in [7, 11) is 0. The quantitative estimate of drug-likeness (QED) is 0.714. The Hall–Kier alpha value is -1.22. The zero-order chi connectivity index (χ0) is 15.2. The highest BCUT2D eigenvalue weighted by Gasteiger charge is 2.22. The minimum atomic E-state index is -1.19. The van der Waals surface area contributed by atoms with Gasteiger partial charge < -0.3 is 0 Å². The predicted octanol–water partition coefficient (Wildman–Crippen LogP) is 5.17. The minimum absolute atomic E-state index is 0.0494. The molecular weight excluding hydrogens is 268 g/mol. The van der Waals surface area contributed by atoms with E-state index >= 15 is 0 Å². The van der Waals surface area contributed by atoms with Gasteiger partial charge >= 0.3 is 0 Å². The second-order valence-electron chi connectivity index (χ2n) is 5.71. The van der Waals surface area contributed by atoms with E-state index in [2.05, 4.69) is 30.4 Å². The molecule has 2 rings (SSSR count). The summed E-state index contributed by atoms with van der Waals surface area (Å²) in [4.78, 5) is 0. The lowest BCUT2D eigenvalue weighted by atomic mass is 9.86. The van der Waals surface area contributed by atoms with Gasteiger partial charge in [-0.1, -0.05) is 32.0 Å². The number of aryl methyl sites for hydroxylation is 2. The summed E-state index contributed by atoms with van der Waals surface area (Å²) in [5.74, 6) is -0.239. The third-order valence-corrected chi connectivity index (χ3v) is 4.20. The van der Waals surface area contributed by atoms with E-state index < -0.39 is 6.30 Å². The van der Waals surface area contributed by atoms with E-state index in [4.69, 9.17) is 0 Å². The van der Waals surface area contributed by atoms with Crippen LogP contribution in [0.4, 0.5) is 8.78 Å². The third kappa shape index (κ3) is 4.37. The molecule has 0 saturated heterocycles. The Balaban J connectivity index is 2.05. The second-order valence-corrected chi connectivity index (χ2v) is 5.71. The molecule has 0 heterocycles. The Morgan fingerprint density at radius 2 is 2.24 bits per heavy atom. The van der Waals surface area contributed by atoms with E-state index in [9.17, 15) is 8.78 Å². The number of hydrogen-bond acceptors (Lipinski definition) is 1. The number of nitrogens with one attached hydrogen (secondary N) is 1. The molecule has 1 aromatic carbocycles. The number of rotatable bonds is 6. The van der Waals surface area contributed by atoms with Gasteiger partial charge in [-0.05, 0) is 54.9 Å². The maximum atomic E-state index is 14.0. The van der Waals surface area contributed by atoms with E-state index in [-0.39, 0.29) is 18.3 Å². The fraction of sp³-hybridized carbons (Fsp3) is 0.556. The van der Waals surface area contributed by atoms with Crippen molar-refractivity contribution in [3.8, 4) is 0 Å². The van der Waals surface area contributed by atoms with Crippen LogP contribution in [0.1, 0.15) is 62.3 Å². The van der Waals surface area contributed by atoms with Crippen LogP contribution >= 0.6 is 0 Å². The summed E-state index contributed by atoms with van der Waals surface area (Å²) in [5.41, 5.74) is 3.83. The van der Waals surface area contributed by atoms with E-state index in [1.54, 1.807) is 6.92 Å². The molecule has 1 aromatic rings. The van der Waals surface area contributed by atoms with Crippen molar-refractivity contribution in [2.45, 2.75) is 64.7 Å². The molecule has 1 nitrogen and oxygen atoms in total. The molecule has 0 spiro atoms. The number of hydrogen-bond donors (Lipinski definition) is 1. The molecule has 3 heteroatoms. The zero-order valence-electron chi connectivity index (χ0n) is 13.0. The van der Waals surface area contributed by atoms with Gasteiger partial charge in [-0.25, -0.2) is 8.78 Å². The summed E-state index contributed by atoms with van der Waals surface area (Å²) >= 11 is 0. The van der Waals surface area contributed by atoms with Gasteiger partial charge in [-0.15, -0.1) is 0 Å². The SMILES string of the molecule is CC/C(F)=C\CC(F)N[C@H]1CCCc2ccc(CC)cc21. The normalized spacial score (nSPS) is 20.2. The molecule has 1 aliphatic carbocycles. The number of alkyl halides is 1. The lowest BCUT2D eigenvalue weighted by Crippen LogP contribution is -2.31. The summed E-state index contributed by atoms with van der Waals surface area (Å²) in [5, 5.41) is 3.03. The molecule has 0 aliphatic heterocycles. The van der Waals surface area contributed by atoms with Crippen LogP contribution in [-0.2, 0) is 12.8 Å². The Kier molecular flexibility index (Phi) is 5.92. The van der Waals surface area contributed by atoms with Gasteiger partial charge in [0.05, 0.1) is 5.83 Å². The number of halogens is 2. The van der Waals surface area contributed by atoms with E-state index in [1.165, 1.54) is 22.8 Å². The van der Waals surface area contributed by atoms with Crippen molar-refractivity contribution >= 4 is 0 Å². The van der Waals surface area contributed by atoms with Gasteiger partial charge in [0.15, 0.2) is 6.30 Å². The first-order chi connectivity index (χ1) is 10.1. The van der Waals surface area contributed by atoms with Crippen molar-refractivity contribution < 1.29 is 8.78 Å². The molecule has 116 valence electrons. The first kappa shape index (κ1) is 16.2. The fourth-order valence-corrected chi connectivity index (χ4v) is 2.90. The molecule has 0 saturated carbocycles. The molecule has 1 aliphatic rings. The summed E-state index contributed by atoms with van der Waals surface area (Å²) in [6, 6.07) is 6.58. The maximum absolute atomic E-state index is 14.0. The first-order valence-corrected chi connectivity index (χ1v) is 8.00. The Labute approximate surface area is 126 Å². The summed E-state index contributed by atoms with van der Waals surface area (Å²) in [6.45, 7) is 3.86. The minimum Gasteiger partial charge on any atom is -0.281 e. The second kappa shape index (κ2) is 7.69. The average Bonchev–Trinajstić information content (AvgIpc) is 2.52.